The van der Waals surface area contributed by atoms with E-state index in [0.29, 0.717) is 24.1 Å². The highest BCUT2D eigenvalue weighted by atomic mass is 16.4. The number of hydrogen-bond acceptors (Lipinski definition) is 3. The average Bonchev–Trinajstić information content (AvgIpc) is 2.47. The average molecular weight is 289 g/mol. The number of carboxylic acid groups (broad SMARTS) is 1. The maximum absolute atomic E-state index is 12.3. The first kappa shape index (κ1) is 15.2. The monoisotopic (exact) mass is 289 g/mol. The van der Waals surface area contributed by atoms with Crippen molar-refractivity contribution in [3.63, 3.8) is 0 Å². The molecule has 2 rings (SSSR count). The molecule has 0 bridgehead atoms. The summed E-state index contributed by atoms with van der Waals surface area (Å²) < 4.78 is 0. The zero-order chi connectivity index (χ0) is 15.4. The number of benzene rings is 1. The van der Waals surface area contributed by atoms with E-state index in [1.165, 1.54) is 6.92 Å². The molecule has 21 heavy (non-hydrogen) atoms. The van der Waals surface area contributed by atoms with Crippen molar-refractivity contribution in [3.05, 3.63) is 29.8 Å². The highest BCUT2D eigenvalue weighted by molar-refractivity contribution is 5.97. The Morgan fingerprint density at radius 1 is 1.05 bits per heavy atom. The number of nitrogens with one attached hydrogen (secondary N) is 1. The van der Waals surface area contributed by atoms with Gasteiger partial charge in [0, 0.05) is 11.3 Å². The molecule has 0 aromatic heterocycles. The molecule has 0 saturated heterocycles. The van der Waals surface area contributed by atoms with Crippen LogP contribution in [0.4, 0.5) is 5.69 Å². The SMILES string of the molecule is CC(=O)c1ccc(NC(=O)[C@@H]2CCCC[C@@H]2C(=O)O)cc1. The van der Waals surface area contributed by atoms with Crippen molar-refractivity contribution in [1.82, 2.24) is 0 Å². The van der Waals surface area contributed by atoms with Gasteiger partial charge in [0.1, 0.15) is 0 Å². The van der Waals surface area contributed by atoms with Crippen molar-refractivity contribution in [2.45, 2.75) is 32.6 Å². The number of carbonyl (C=O) groups excluding carboxylic acids is 2. The number of Topliss-reactive ketones (excluding diaryl/α,β-unsaturated/α-hetero) is 1. The minimum Gasteiger partial charge on any atom is -0.481 e. The molecule has 0 aliphatic heterocycles. The second kappa shape index (κ2) is 6.52. The van der Waals surface area contributed by atoms with E-state index < -0.39 is 17.8 Å². The van der Waals surface area contributed by atoms with Crippen LogP contribution in [-0.4, -0.2) is 22.8 Å². The van der Waals surface area contributed by atoms with Crippen molar-refractivity contribution in [1.29, 1.82) is 0 Å². The lowest BCUT2D eigenvalue weighted by Crippen LogP contribution is -2.36. The molecule has 1 aliphatic rings. The summed E-state index contributed by atoms with van der Waals surface area (Å²) in [6.07, 6.45) is 2.89. The Labute approximate surface area is 123 Å². The minimum atomic E-state index is -0.901. The predicted octanol–water partition coefficient (Wildman–Crippen LogP) is 2.72. The summed E-state index contributed by atoms with van der Waals surface area (Å²) in [5.41, 5.74) is 1.16. The van der Waals surface area contributed by atoms with Gasteiger partial charge in [-0.3, -0.25) is 14.4 Å². The van der Waals surface area contributed by atoms with Gasteiger partial charge in [-0.1, -0.05) is 12.8 Å². The van der Waals surface area contributed by atoms with Crippen LogP contribution < -0.4 is 5.32 Å². The van der Waals surface area contributed by atoms with Gasteiger partial charge in [0.05, 0.1) is 11.8 Å². The quantitative estimate of drug-likeness (QED) is 0.835. The van der Waals surface area contributed by atoms with Crippen LogP contribution in [0, 0.1) is 11.8 Å². The highest BCUT2D eigenvalue weighted by Crippen LogP contribution is 2.31. The molecule has 1 saturated carbocycles. The van der Waals surface area contributed by atoms with Crippen molar-refractivity contribution in [2.24, 2.45) is 11.8 Å². The van der Waals surface area contributed by atoms with Crippen LogP contribution in [-0.2, 0) is 9.59 Å². The minimum absolute atomic E-state index is 0.0360. The van der Waals surface area contributed by atoms with Crippen molar-refractivity contribution in [3.8, 4) is 0 Å². The van der Waals surface area contributed by atoms with Gasteiger partial charge in [-0.05, 0) is 44.0 Å². The van der Waals surface area contributed by atoms with Crippen molar-refractivity contribution < 1.29 is 19.5 Å². The van der Waals surface area contributed by atoms with Crippen LogP contribution in [0.15, 0.2) is 24.3 Å². The summed E-state index contributed by atoms with van der Waals surface area (Å²) in [5, 5.41) is 12.0. The van der Waals surface area contributed by atoms with Crippen LogP contribution in [0.1, 0.15) is 43.0 Å². The molecular weight excluding hydrogens is 270 g/mol. The third kappa shape index (κ3) is 3.68. The van der Waals surface area contributed by atoms with E-state index >= 15 is 0 Å². The highest BCUT2D eigenvalue weighted by Gasteiger charge is 2.35. The van der Waals surface area contributed by atoms with Gasteiger partial charge in [0.2, 0.25) is 5.91 Å². The summed E-state index contributed by atoms with van der Waals surface area (Å²) in [7, 11) is 0. The van der Waals surface area contributed by atoms with E-state index in [2.05, 4.69) is 5.32 Å². The first-order chi connectivity index (χ1) is 9.99. The lowest BCUT2D eigenvalue weighted by atomic mass is 9.78. The number of hydrogen-bond donors (Lipinski definition) is 2. The molecule has 0 unspecified atom stereocenters. The lowest BCUT2D eigenvalue weighted by molar-refractivity contribution is -0.147. The zero-order valence-corrected chi connectivity index (χ0v) is 12.0. The fourth-order valence-corrected chi connectivity index (χ4v) is 2.76. The van der Waals surface area contributed by atoms with Crippen LogP contribution in [0.2, 0.25) is 0 Å². The Bertz CT molecular complexity index is 550. The van der Waals surface area contributed by atoms with E-state index in [-0.39, 0.29) is 11.7 Å². The Balaban J connectivity index is 2.05. The van der Waals surface area contributed by atoms with Gasteiger partial charge in [0.15, 0.2) is 5.78 Å². The van der Waals surface area contributed by atoms with Crippen LogP contribution in [0.25, 0.3) is 0 Å². The molecule has 1 aliphatic carbocycles. The molecule has 0 heterocycles. The number of rotatable bonds is 4. The predicted molar refractivity (Wildman–Crippen MR) is 78.2 cm³/mol. The van der Waals surface area contributed by atoms with E-state index in [4.69, 9.17) is 0 Å². The number of carboxylic acids is 1. The molecule has 1 aromatic carbocycles. The van der Waals surface area contributed by atoms with Crippen molar-refractivity contribution in [2.75, 3.05) is 5.32 Å². The first-order valence-electron chi connectivity index (χ1n) is 7.13. The lowest BCUT2D eigenvalue weighted by Gasteiger charge is -2.27. The third-order valence-electron chi connectivity index (χ3n) is 3.98. The van der Waals surface area contributed by atoms with Crippen molar-refractivity contribution >= 4 is 23.3 Å². The molecule has 1 fully saturated rings. The molecule has 2 atom stereocenters. The number of amides is 1. The summed E-state index contributed by atoms with van der Waals surface area (Å²) >= 11 is 0. The smallest absolute Gasteiger partial charge is 0.307 e. The second-order valence-corrected chi connectivity index (χ2v) is 5.46. The van der Waals surface area contributed by atoms with Gasteiger partial charge in [-0.2, -0.15) is 0 Å². The van der Waals surface area contributed by atoms with E-state index in [1.807, 2.05) is 0 Å². The normalized spacial score (nSPS) is 21.6. The molecule has 0 spiro atoms. The van der Waals surface area contributed by atoms with E-state index in [9.17, 15) is 19.5 Å². The fraction of sp³-hybridized carbons (Fsp3) is 0.438. The maximum Gasteiger partial charge on any atom is 0.307 e. The number of ketones is 1. The van der Waals surface area contributed by atoms with Crippen LogP contribution >= 0.6 is 0 Å². The Morgan fingerprint density at radius 2 is 1.62 bits per heavy atom. The molecule has 0 radical (unpaired) electrons. The zero-order valence-electron chi connectivity index (χ0n) is 12.0. The number of aliphatic carboxylic acids is 1. The van der Waals surface area contributed by atoms with Crippen LogP contribution in [0.5, 0.6) is 0 Å². The van der Waals surface area contributed by atoms with E-state index in [1.54, 1.807) is 24.3 Å². The van der Waals surface area contributed by atoms with Gasteiger partial charge in [0.25, 0.3) is 0 Å². The van der Waals surface area contributed by atoms with E-state index in [0.717, 1.165) is 12.8 Å². The van der Waals surface area contributed by atoms with Gasteiger partial charge in [-0.25, -0.2) is 0 Å². The van der Waals surface area contributed by atoms with Crippen LogP contribution in [0.3, 0.4) is 0 Å². The molecule has 2 N–H and O–H groups in total. The largest absolute Gasteiger partial charge is 0.481 e. The summed E-state index contributed by atoms with van der Waals surface area (Å²) in [6, 6.07) is 6.61. The summed E-state index contributed by atoms with van der Waals surface area (Å²) in [6.45, 7) is 1.48. The van der Waals surface area contributed by atoms with Gasteiger partial charge in [-0.15, -0.1) is 0 Å². The molecule has 5 nitrogen and oxygen atoms in total. The standard InChI is InChI=1S/C16H19NO4/c1-10(18)11-6-8-12(9-7-11)17-15(19)13-4-2-3-5-14(13)16(20)21/h6-9,13-14H,2-5H2,1H3,(H,17,19)(H,20,21)/t13-,14+/m1/s1. The molecule has 1 amide bonds. The topological polar surface area (TPSA) is 83.5 Å². The van der Waals surface area contributed by atoms with Gasteiger partial charge >= 0.3 is 5.97 Å². The fourth-order valence-electron chi connectivity index (χ4n) is 2.76. The molecular formula is C16H19NO4. The second-order valence-electron chi connectivity index (χ2n) is 5.46. The van der Waals surface area contributed by atoms with Gasteiger partial charge < -0.3 is 10.4 Å². The summed E-state index contributed by atoms with van der Waals surface area (Å²) in [4.78, 5) is 34.7. The Hall–Kier alpha value is -2.17. The Kier molecular flexibility index (Phi) is 4.73. The third-order valence-corrected chi connectivity index (χ3v) is 3.98. The Morgan fingerprint density at radius 3 is 2.14 bits per heavy atom. The first-order valence-corrected chi connectivity index (χ1v) is 7.13. The molecule has 1 aromatic rings. The molecule has 5 heteroatoms. The number of anilines is 1. The molecule has 112 valence electrons. The summed E-state index contributed by atoms with van der Waals surface area (Å²) in [5.74, 6) is -2.27. The number of carbonyl (C=O) groups is 3. The maximum atomic E-state index is 12.3.